The van der Waals surface area contributed by atoms with E-state index in [0.717, 1.165) is 60.5 Å². The van der Waals surface area contributed by atoms with E-state index in [0.29, 0.717) is 6.01 Å². The standard InChI is InChI=1S/C37H21N3O2/c1-5-13-29-23(9-1)24-10-2-6-14-30(24)39(29)22-17-19-32-27(21-22)25-11-3-7-15-31(25)40(32)37-38-28-18-20-34-35(36(28)42-37)26-12-4-8-16-33(26)41-34/h1-21H. The molecule has 0 aliphatic heterocycles. The van der Waals surface area contributed by atoms with Crippen LogP contribution in [0.25, 0.3) is 88.4 Å². The van der Waals surface area contributed by atoms with Gasteiger partial charge in [-0.2, -0.15) is 4.98 Å². The van der Waals surface area contributed by atoms with E-state index in [9.17, 15) is 0 Å². The smallest absolute Gasteiger partial charge is 0.307 e. The maximum atomic E-state index is 6.61. The van der Waals surface area contributed by atoms with Crippen LogP contribution in [0.2, 0.25) is 0 Å². The Labute approximate surface area is 238 Å². The first-order valence-corrected chi connectivity index (χ1v) is 14.1. The Balaban J connectivity index is 1.26. The van der Waals surface area contributed by atoms with Crippen molar-refractivity contribution >= 4 is 76.6 Å². The first-order chi connectivity index (χ1) is 20.8. The van der Waals surface area contributed by atoms with Crippen LogP contribution in [-0.2, 0) is 0 Å². The van der Waals surface area contributed by atoms with Gasteiger partial charge >= 0.3 is 6.01 Å². The van der Waals surface area contributed by atoms with E-state index < -0.39 is 0 Å². The minimum absolute atomic E-state index is 0.540. The van der Waals surface area contributed by atoms with Crippen LogP contribution in [0.4, 0.5) is 0 Å². The Morgan fingerprint density at radius 1 is 0.452 bits per heavy atom. The van der Waals surface area contributed by atoms with Crippen LogP contribution in [0.15, 0.2) is 136 Å². The van der Waals surface area contributed by atoms with Gasteiger partial charge in [0.15, 0.2) is 5.58 Å². The third kappa shape index (κ3) is 2.79. The fraction of sp³-hybridized carbons (Fsp3) is 0. The lowest BCUT2D eigenvalue weighted by Crippen LogP contribution is -1.95. The quantitative estimate of drug-likeness (QED) is 0.220. The van der Waals surface area contributed by atoms with Gasteiger partial charge in [-0.1, -0.05) is 72.8 Å². The molecule has 0 fully saturated rings. The number of rotatable bonds is 2. The molecule has 5 nitrogen and oxygen atoms in total. The number of hydrogen-bond acceptors (Lipinski definition) is 3. The van der Waals surface area contributed by atoms with Crippen molar-refractivity contribution in [3.8, 4) is 11.7 Å². The zero-order valence-corrected chi connectivity index (χ0v) is 22.3. The monoisotopic (exact) mass is 539 g/mol. The maximum Gasteiger partial charge on any atom is 0.307 e. The summed E-state index contributed by atoms with van der Waals surface area (Å²) in [5.74, 6) is 0. The summed E-state index contributed by atoms with van der Waals surface area (Å²) in [6.07, 6.45) is 0. The first kappa shape index (κ1) is 21.9. The first-order valence-electron chi connectivity index (χ1n) is 14.1. The SMILES string of the molecule is c1ccc2c(c1)oc1ccc3nc(-n4c5ccccc5c5cc(-n6c7ccccc7c7ccccc76)ccc54)oc3c12. The molecule has 0 radical (unpaired) electrons. The fourth-order valence-corrected chi connectivity index (χ4v) is 6.79. The number of fused-ring (bicyclic) bond motifs is 11. The van der Waals surface area contributed by atoms with Crippen molar-refractivity contribution in [3.05, 3.63) is 127 Å². The van der Waals surface area contributed by atoms with Gasteiger partial charge in [-0.15, -0.1) is 0 Å². The minimum atomic E-state index is 0.540. The summed E-state index contributed by atoms with van der Waals surface area (Å²) in [5, 5.41) is 6.78. The van der Waals surface area contributed by atoms with Crippen LogP contribution in [0.5, 0.6) is 0 Å². The van der Waals surface area contributed by atoms with Crippen LogP contribution in [-0.4, -0.2) is 14.1 Å². The number of benzene rings is 6. The molecule has 0 aliphatic carbocycles. The topological polar surface area (TPSA) is 49.0 Å². The molecule has 4 aromatic heterocycles. The predicted molar refractivity (Wildman–Crippen MR) is 170 cm³/mol. The van der Waals surface area contributed by atoms with Gasteiger partial charge in [-0.25, -0.2) is 0 Å². The third-order valence-corrected chi connectivity index (χ3v) is 8.57. The van der Waals surface area contributed by atoms with Crippen LogP contribution in [0, 0.1) is 0 Å². The average Bonchev–Trinajstić information content (AvgIpc) is 3.79. The molecular formula is C37H21N3O2. The Bertz CT molecular complexity index is 2650. The van der Waals surface area contributed by atoms with Crippen molar-refractivity contribution in [2.45, 2.75) is 0 Å². The average molecular weight is 540 g/mol. The van der Waals surface area contributed by atoms with E-state index in [-0.39, 0.29) is 0 Å². The largest absolute Gasteiger partial charge is 0.456 e. The molecule has 0 spiro atoms. The van der Waals surface area contributed by atoms with Crippen molar-refractivity contribution in [2.75, 3.05) is 0 Å². The molecule has 6 aromatic carbocycles. The molecule has 10 rings (SSSR count). The summed E-state index contributed by atoms with van der Waals surface area (Å²) in [5.41, 5.74) is 8.77. The molecule has 42 heavy (non-hydrogen) atoms. The highest BCUT2D eigenvalue weighted by atomic mass is 16.4. The summed E-state index contributed by atoms with van der Waals surface area (Å²) in [7, 11) is 0. The predicted octanol–water partition coefficient (Wildman–Crippen LogP) is 9.92. The van der Waals surface area contributed by atoms with Crippen molar-refractivity contribution in [1.82, 2.24) is 14.1 Å². The Kier molecular flexibility index (Phi) is 4.12. The van der Waals surface area contributed by atoms with Crippen LogP contribution >= 0.6 is 0 Å². The molecule has 4 heterocycles. The number of aromatic nitrogens is 3. The second kappa shape index (κ2) is 7.89. The minimum Gasteiger partial charge on any atom is -0.456 e. The van der Waals surface area contributed by atoms with Crippen molar-refractivity contribution < 1.29 is 8.83 Å². The molecule has 0 saturated heterocycles. The van der Waals surface area contributed by atoms with Gasteiger partial charge in [0.1, 0.15) is 16.7 Å². The van der Waals surface area contributed by atoms with Crippen LogP contribution < -0.4 is 0 Å². The molecule has 0 N–H and O–H groups in total. The van der Waals surface area contributed by atoms with Gasteiger partial charge in [0.05, 0.1) is 27.5 Å². The van der Waals surface area contributed by atoms with Crippen molar-refractivity contribution in [3.63, 3.8) is 0 Å². The van der Waals surface area contributed by atoms with Crippen LogP contribution in [0.1, 0.15) is 0 Å². The molecule has 0 unspecified atom stereocenters. The highest BCUT2D eigenvalue weighted by Gasteiger charge is 2.21. The van der Waals surface area contributed by atoms with Gasteiger partial charge in [0.2, 0.25) is 0 Å². The zero-order chi connectivity index (χ0) is 27.4. The van der Waals surface area contributed by atoms with Gasteiger partial charge in [-0.3, -0.25) is 4.57 Å². The molecule has 0 bridgehead atoms. The van der Waals surface area contributed by atoms with E-state index in [2.05, 4.69) is 106 Å². The number of oxazole rings is 1. The molecule has 0 atom stereocenters. The molecule has 0 aliphatic rings. The number of nitrogens with zero attached hydrogens (tertiary/aromatic N) is 3. The zero-order valence-electron chi connectivity index (χ0n) is 22.3. The number of hydrogen-bond donors (Lipinski definition) is 0. The summed E-state index contributed by atoms with van der Waals surface area (Å²) in [4.78, 5) is 5.00. The lowest BCUT2D eigenvalue weighted by atomic mass is 10.1. The number of furan rings is 1. The molecule has 196 valence electrons. The van der Waals surface area contributed by atoms with Gasteiger partial charge in [0, 0.05) is 32.6 Å². The highest BCUT2D eigenvalue weighted by Crippen LogP contribution is 2.39. The summed E-state index contributed by atoms with van der Waals surface area (Å²) in [6, 6.07) is 44.9. The van der Waals surface area contributed by atoms with E-state index in [1.807, 2.05) is 30.3 Å². The van der Waals surface area contributed by atoms with Crippen LogP contribution in [0.3, 0.4) is 0 Å². The Morgan fingerprint density at radius 2 is 1.05 bits per heavy atom. The second-order valence-electron chi connectivity index (χ2n) is 10.8. The van der Waals surface area contributed by atoms with Gasteiger partial charge in [-0.05, 0) is 54.6 Å². The highest BCUT2D eigenvalue weighted by molar-refractivity contribution is 6.16. The van der Waals surface area contributed by atoms with E-state index in [1.54, 1.807) is 0 Å². The van der Waals surface area contributed by atoms with Crippen molar-refractivity contribution in [1.29, 1.82) is 0 Å². The maximum absolute atomic E-state index is 6.61. The molecule has 0 amide bonds. The molecular weight excluding hydrogens is 518 g/mol. The second-order valence-corrected chi connectivity index (χ2v) is 10.8. The third-order valence-electron chi connectivity index (χ3n) is 8.57. The van der Waals surface area contributed by atoms with E-state index in [4.69, 9.17) is 13.8 Å². The lowest BCUT2D eigenvalue weighted by molar-refractivity contribution is 0.577. The fourth-order valence-electron chi connectivity index (χ4n) is 6.79. The Morgan fingerprint density at radius 3 is 1.79 bits per heavy atom. The molecule has 5 heteroatoms. The number of para-hydroxylation sites is 4. The summed E-state index contributed by atoms with van der Waals surface area (Å²) < 4.78 is 17.2. The molecule has 0 saturated carbocycles. The lowest BCUT2D eigenvalue weighted by Gasteiger charge is -2.09. The Hall–Kier alpha value is -5.81. The molecule has 10 aromatic rings. The normalized spacial score (nSPS) is 12.3. The van der Waals surface area contributed by atoms with Crippen molar-refractivity contribution in [2.24, 2.45) is 0 Å². The van der Waals surface area contributed by atoms with E-state index >= 15 is 0 Å². The summed E-state index contributed by atoms with van der Waals surface area (Å²) >= 11 is 0. The van der Waals surface area contributed by atoms with Gasteiger partial charge < -0.3 is 13.4 Å². The van der Waals surface area contributed by atoms with E-state index in [1.165, 1.54) is 21.8 Å². The van der Waals surface area contributed by atoms with Gasteiger partial charge in [0.25, 0.3) is 0 Å². The summed E-state index contributed by atoms with van der Waals surface area (Å²) in [6.45, 7) is 0.